The number of rotatable bonds is 7. The van der Waals surface area contributed by atoms with Crippen LogP contribution in [0.4, 0.5) is 11.4 Å². The summed E-state index contributed by atoms with van der Waals surface area (Å²) in [7, 11) is 0. The van der Waals surface area contributed by atoms with Gasteiger partial charge in [0.1, 0.15) is 11.6 Å². The molecule has 0 unspecified atom stereocenters. The third kappa shape index (κ3) is 5.21. The third-order valence-corrected chi connectivity index (χ3v) is 4.75. The van der Waals surface area contributed by atoms with Crippen molar-refractivity contribution in [2.75, 3.05) is 23.3 Å². The van der Waals surface area contributed by atoms with Crippen LogP contribution < -0.4 is 10.2 Å². The Morgan fingerprint density at radius 1 is 1.21 bits per heavy atom. The maximum Gasteiger partial charge on any atom is 0.335 e. The minimum Gasteiger partial charge on any atom is -0.478 e. The van der Waals surface area contributed by atoms with E-state index in [0.29, 0.717) is 11.3 Å². The Balaban J connectivity index is 2.25. The summed E-state index contributed by atoms with van der Waals surface area (Å²) in [5, 5.41) is 21.0. The van der Waals surface area contributed by atoms with E-state index in [4.69, 9.17) is 5.11 Å². The molecule has 144 valence electrons. The lowest BCUT2D eigenvalue weighted by molar-refractivity contribution is -0.112. The minimum atomic E-state index is -1.09. The molecular formula is C21H20BrN3O3. The van der Waals surface area contributed by atoms with Crippen LogP contribution in [-0.2, 0) is 4.79 Å². The van der Waals surface area contributed by atoms with Gasteiger partial charge in [-0.2, -0.15) is 5.26 Å². The molecule has 0 heterocycles. The topological polar surface area (TPSA) is 93.4 Å². The highest BCUT2D eigenvalue weighted by Gasteiger charge is 2.12. The first-order valence-corrected chi connectivity index (χ1v) is 9.49. The van der Waals surface area contributed by atoms with Gasteiger partial charge in [0.25, 0.3) is 5.91 Å². The van der Waals surface area contributed by atoms with Crippen molar-refractivity contribution in [3.63, 3.8) is 0 Å². The van der Waals surface area contributed by atoms with Crippen molar-refractivity contribution < 1.29 is 14.7 Å². The standard InChI is InChI=1S/C21H20BrN3O3/c1-3-25(4-2)19-9-8-14(11-18(19)22)10-16(13-23)20(26)24-17-7-5-6-15(12-17)21(27)28/h5-12H,3-4H2,1-2H3,(H,24,26)(H,27,28)/b16-10-. The number of carboxylic acids is 1. The van der Waals surface area contributed by atoms with Crippen LogP contribution in [0.15, 0.2) is 52.5 Å². The Morgan fingerprint density at radius 2 is 1.93 bits per heavy atom. The number of hydrogen-bond acceptors (Lipinski definition) is 4. The molecule has 2 aromatic rings. The number of nitriles is 1. The molecule has 1 amide bonds. The summed E-state index contributed by atoms with van der Waals surface area (Å²) in [6.45, 7) is 5.87. The summed E-state index contributed by atoms with van der Waals surface area (Å²) in [6.07, 6.45) is 1.49. The Labute approximate surface area is 172 Å². The highest BCUT2D eigenvalue weighted by molar-refractivity contribution is 9.10. The van der Waals surface area contributed by atoms with E-state index < -0.39 is 11.9 Å². The van der Waals surface area contributed by atoms with Gasteiger partial charge in [-0.15, -0.1) is 0 Å². The van der Waals surface area contributed by atoms with Crippen molar-refractivity contribution in [3.8, 4) is 6.07 Å². The second-order valence-electron chi connectivity index (χ2n) is 5.89. The first-order valence-electron chi connectivity index (χ1n) is 8.70. The lowest BCUT2D eigenvalue weighted by Gasteiger charge is -2.22. The van der Waals surface area contributed by atoms with E-state index in [9.17, 15) is 14.9 Å². The van der Waals surface area contributed by atoms with E-state index in [0.717, 1.165) is 23.2 Å². The minimum absolute atomic E-state index is 0.0520. The zero-order valence-corrected chi connectivity index (χ0v) is 17.2. The SMILES string of the molecule is CCN(CC)c1ccc(/C=C(/C#N)C(=O)Nc2cccc(C(=O)O)c2)cc1Br. The largest absolute Gasteiger partial charge is 0.478 e. The molecular weight excluding hydrogens is 422 g/mol. The molecule has 0 aliphatic heterocycles. The van der Waals surface area contributed by atoms with Gasteiger partial charge in [-0.3, -0.25) is 4.79 Å². The molecule has 2 rings (SSSR count). The molecule has 28 heavy (non-hydrogen) atoms. The highest BCUT2D eigenvalue weighted by atomic mass is 79.9. The van der Waals surface area contributed by atoms with Crippen LogP contribution >= 0.6 is 15.9 Å². The van der Waals surface area contributed by atoms with Crippen molar-refractivity contribution in [1.29, 1.82) is 5.26 Å². The van der Waals surface area contributed by atoms with Gasteiger partial charge in [-0.05, 0) is 71.7 Å². The smallest absolute Gasteiger partial charge is 0.335 e. The molecule has 0 saturated heterocycles. The Bertz CT molecular complexity index is 960. The van der Waals surface area contributed by atoms with Crippen LogP contribution in [0.3, 0.4) is 0 Å². The van der Waals surface area contributed by atoms with Crippen molar-refractivity contribution in [3.05, 3.63) is 63.6 Å². The van der Waals surface area contributed by atoms with Crippen LogP contribution in [0.25, 0.3) is 6.08 Å². The van der Waals surface area contributed by atoms with Crippen LogP contribution in [0.2, 0.25) is 0 Å². The molecule has 0 aliphatic rings. The molecule has 0 aromatic heterocycles. The van der Waals surface area contributed by atoms with Gasteiger partial charge in [0.2, 0.25) is 0 Å². The Morgan fingerprint density at radius 3 is 2.50 bits per heavy atom. The molecule has 2 aromatic carbocycles. The number of anilines is 2. The van der Waals surface area contributed by atoms with E-state index in [-0.39, 0.29) is 11.1 Å². The monoisotopic (exact) mass is 441 g/mol. The van der Waals surface area contributed by atoms with Gasteiger partial charge in [0.05, 0.1) is 11.3 Å². The van der Waals surface area contributed by atoms with Crippen molar-refractivity contribution in [2.24, 2.45) is 0 Å². The number of halogens is 1. The molecule has 0 fully saturated rings. The Kier molecular flexibility index (Phi) is 7.36. The number of amides is 1. The van der Waals surface area contributed by atoms with Crippen molar-refractivity contribution >= 4 is 45.3 Å². The molecule has 0 aliphatic carbocycles. The molecule has 0 atom stereocenters. The number of hydrogen-bond donors (Lipinski definition) is 2. The third-order valence-electron chi connectivity index (χ3n) is 4.12. The quantitative estimate of drug-likeness (QED) is 0.485. The second-order valence-corrected chi connectivity index (χ2v) is 6.75. The Hall–Kier alpha value is -3.11. The van der Waals surface area contributed by atoms with Gasteiger partial charge < -0.3 is 15.3 Å². The van der Waals surface area contributed by atoms with Crippen molar-refractivity contribution in [1.82, 2.24) is 0 Å². The molecule has 2 N–H and O–H groups in total. The van der Waals surface area contributed by atoms with E-state index in [1.54, 1.807) is 6.07 Å². The summed E-state index contributed by atoms with van der Waals surface area (Å²) in [6, 6.07) is 13.4. The van der Waals surface area contributed by atoms with Gasteiger partial charge in [-0.1, -0.05) is 12.1 Å². The number of benzene rings is 2. The normalized spacial score (nSPS) is 10.9. The summed E-state index contributed by atoms with van der Waals surface area (Å²) in [4.78, 5) is 25.6. The van der Waals surface area contributed by atoms with Gasteiger partial charge in [0, 0.05) is 23.2 Å². The zero-order chi connectivity index (χ0) is 20.7. The number of aromatic carboxylic acids is 1. The number of nitrogens with zero attached hydrogens (tertiary/aromatic N) is 2. The van der Waals surface area contributed by atoms with Gasteiger partial charge >= 0.3 is 5.97 Å². The molecule has 0 spiro atoms. The van der Waals surface area contributed by atoms with E-state index in [1.165, 1.54) is 24.3 Å². The average Bonchev–Trinajstić information content (AvgIpc) is 2.68. The summed E-state index contributed by atoms with van der Waals surface area (Å²) >= 11 is 3.54. The summed E-state index contributed by atoms with van der Waals surface area (Å²) < 4.78 is 0.872. The van der Waals surface area contributed by atoms with E-state index in [2.05, 4.69) is 40.0 Å². The lowest BCUT2D eigenvalue weighted by Crippen LogP contribution is -2.22. The summed E-state index contributed by atoms with van der Waals surface area (Å²) in [5.74, 6) is -1.70. The molecule has 0 bridgehead atoms. The predicted molar refractivity (Wildman–Crippen MR) is 113 cm³/mol. The van der Waals surface area contributed by atoms with Crippen LogP contribution in [0, 0.1) is 11.3 Å². The molecule has 0 saturated carbocycles. The number of carboxylic acid groups (broad SMARTS) is 1. The van der Waals surface area contributed by atoms with E-state index >= 15 is 0 Å². The molecule has 6 nitrogen and oxygen atoms in total. The fourth-order valence-corrected chi connectivity index (χ4v) is 3.32. The first kappa shape index (κ1) is 21.2. The number of carbonyl (C=O) groups is 2. The fraction of sp³-hybridized carbons (Fsp3) is 0.190. The highest BCUT2D eigenvalue weighted by Crippen LogP contribution is 2.28. The maximum atomic E-state index is 12.4. The van der Waals surface area contributed by atoms with Gasteiger partial charge in [0.15, 0.2) is 0 Å². The lowest BCUT2D eigenvalue weighted by atomic mass is 10.1. The van der Waals surface area contributed by atoms with Crippen LogP contribution in [0.5, 0.6) is 0 Å². The van der Waals surface area contributed by atoms with E-state index in [1.807, 2.05) is 24.3 Å². The fourth-order valence-electron chi connectivity index (χ4n) is 2.68. The number of carbonyl (C=O) groups excluding carboxylic acids is 1. The van der Waals surface area contributed by atoms with Gasteiger partial charge in [-0.25, -0.2) is 4.79 Å². The summed E-state index contributed by atoms with van der Waals surface area (Å²) in [5.41, 5.74) is 2.02. The van der Waals surface area contributed by atoms with Crippen molar-refractivity contribution in [2.45, 2.75) is 13.8 Å². The predicted octanol–water partition coefficient (Wildman–Crippen LogP) is 4.54. The first-order chi connectivity index (χ1) is 13.4. The zero-order valence-electron chi connectivity index (χ0n) is 15.6. The van der Waals surface area contributed by atoms with Crippen LogP contribution in [0.1, 0.15) is 29.8 Å². The second kappa shape index (κ2) is 9.72. The number of nitrogens with one attached hydrogen (secondary N) is 1. The molecule has 7 heteroatoms. The maximum absolute atomic E-state index is 12.4. The molecule has 0 radical (unpaired) electrons. The van der Waals surface area contributed by atoms with Crippen LogP contribution in [-0.4, -0.2) is 30.1 Å². The average molecular weight is 442 g/mol.